The van der Waals surface area contributed by atoms with Gasteiger partial charge in [0.2, 0.25) is 5.91 Å². The monoisotopic (exact) mass is 303 g/mol. The first kappa shape index (κ1) is 14.5. The number of hydrogen-bond acceptors (Lipinski definition) is 4. The van der Waals surface area contributed by atoms with Gasteiger partial charge in [0.25, 0.3) is 0 Å². The van der Waals surface area contributed by atoms with Gasteiger partial charge >= 0.3 is 0 Å². The zero-order valence-corrected chi connectivity index (χ0v) is 12.3. The number of nitrogens with one attached hydrogen (secondary N) is 2. The third-order valence-electron chi connectivity index (χ3n) is 3.66. The minimum atomic E-state index is -0.320. The van der Waals surface area contributed by atoms with E-state index < -0.39 is 0 Å². The number of benzene rings is 1. The molecule has 0 unspecified atom stereocenters. The van der Waals surface area contributed by atoms with Crippen LogP contribution in [0.15, 0.2) is 36.7 Å². The largest absolute Gasteiger partial charge is 0.368 e. The quantitative estimate of drug-likeness (QED) is 0.887. The van der Waals surface area contributed by atoms with Crippen molar-refractivity contribution in [3.63, 3.8) is 0 Å². The van der Waals surface area contributed by atoms with Gasteiger partial charge in [-0.05, 0) is 24.3 Å². The van der Waals surface area contributed by atoms with E-state index in [9.17, 15) is 9.18 Å². The molecule has 6 nitrogen and oxygen atoms in total. The molecule has 0 radical (unpaired) electrons. The molecule has 7 heteroatoms. The molecule has 1 aliphatic heterocycles. The molecule has 0 saturated carbocycles. The number of hydrogen-bond donors (Lipinski definition) is 2. The summed E-state index contributed by atoms with van der Waals surface area (Å²) >= 11 is 0. The summed E-state index contributed by atoms with van der Waals surface area (Å²) in [4.78, 5) is 14.4. The molecule has 3 rings (SSSR count). The Bertz CT molecular complexity index is 654. The van der Waals surface area contributed by atoms with E-state index in [1.807, 2.05) is 0 Å². The number of aromatic nitrogens is 2. The van der Waals surface area contributed by atoms with Crippen LogP contribution >= 0.6 is 0 Å². The summed E-state index contributed by atoms with van der Waals surface area (Å²) in [5, 5.41) is 10.1. The average Bonchev–Trinajstić information content (AvgIpc) is 2.93. The van der Waals surface area contributed by atoms with Gasteiger partial charge in [-0.2, -0.15) is 5.10 Å². The van der Waals surface area contributed by atoms with Crippen LogP contribution in [-0.2, 0) is 11.8 Å². The molecule has 1 aromatic carbocycles. The molecule has 1 atom stereocenters. The van der Waals surface area contributed by atoms with E-state index in [1.54, 1.807) is 36.3 Å². The van der Waals surface area contributed by atoms with Gasteiger partial charge < -0.3 is 15.5 Å². The van der Waals surface area contributed by atoms with Crippen LogP contribution in [0.5, 0.6) is 0 Å². The maximum atomic E-state index is 13.0. The molecule has 1 saturated heterocycles. The fraction of sp³-hybridized carbons (Fsp3) is 0.333. The van der Waals surface area contributed by atoms with Gasteiger partial charge in [-0.1, -0.05) is 0 Å². The molecule has 2 aromatic rings. The average molecular weight is 303 g/mol. The van der Waals surface area contributed by atoms with Gasteiger partial charge in [0.1, 0.15) is 11.9 Å². The number of nitrogens with zero attached hydrogens (tertiary/aromatic N) is 3. The van der Waals surface area contributed by atoms with Crippen LogP contribution in [0, 0.1) is 5.82 Å². The predicted molar refractivity (Wildman–Crippen MR) is 82.2 cm³/mol. The van der Waals surface area contributed by atoms with E-state index in [2.05, 4.69) is 20.6 Å². The van der Waals surface area contributed by atoms with Gasteiger partial charge in [-0.15, -0.1) is 0 Å². The smallest absolute Gasteiger partial charge is 0.243 e. The number of anilines is 2. The summed E-state index contributed by atoms with van der Waals surface area (Å²) in [5.74, 6) is -0.357. The number of carbonyl (C=O) groups is 1. The molecule has 1 aromatic heterocycles. The number of piperazine rings is 1. The number of amides is 1. The highest BCUT2D eigenvalue weighted by Crippen LogP contribution is 2.17. The van der Waals surface area contributed by atoms with Crippen molar-refractivity contribution in [1.82, 2.24) is 15.1 Å². The second-order valence-corrected chi connectivity index (χ2v) is 5.32. The Labute approximate surface area is 127 Å². The maximum absolute atomic E-state index is 13.0. The van der Waals surface area contributed by atoms with Crippen LogP contribution in [0.2, 0.25) is 0 Å². The Hall–Kier alpha value is -2.41. The molecule has 2 N–H and O–H groups in total. The van der Waals surface area contributed by atoms with Gasteiger partial charge in [-0.25, -0.2) is 4.39 Å². The number of rotatable bonds is 3. The molecule has 0 spiro atoms. The topological polar surface area (TPSA) is 62.2 Å². The molecular formula is C15H18FN5O. The van der Waals surface area contributed by atoms with Crippen LogP contribution in [0.1, 0.15) is 0 Å². The number of aryl methyl sites for hydroxylation is 1. The lowest BCUT2D eigenvalue weighted by molar-refractivity contribution is -0.118. The van der Waals surface area contributed by atoms with Crippen LogP contribution in [-0.4, -0.2) is 41.4 Å². The van der Waals surface area contributed by atoms with Crippen molar-refractivity contribution in [2.24, 2.45) is 7.05 Å². The van der Waals surface area contributed by atoms with Crippen LogP contribution in [0.3, 0.4) is 0 Å². The van der Waals surface area contributed by atoms with E-state index >= 15 is 0 Å². The lowest BCUT2D eigenvalue weighted by Gasteiger charge is -2.34. The zero-order valence-electron chi connectivity index (χ0n) is 12.3. The van der Waals surface area contributed by atoms with Crippen molar-refractivity contribution in [2.75, 3.05) is 29.9 Å². The standard InChI is InChI=1S/C15H18FN5O/c1-20-9-12(8-18-20)19-15(22)14-10-21(7-6-17-14)13-4-2-11(16)3-5-13/h2-5,8-9,14,17H,6-7,10H2,1H3,(H,19,22)/t14-/m1/s1. The summed E-state index contributed by atoms with van der Waals surface area (Å²) in [6.07, 6.45) is 3.36. The second-order valence-electron chi connectivity index (χ2n) is 5.32. The molecule has 116 valence electrons. The normalized spacial score (nSPS) is 18.3. The predicted octanol–water partition coefficient (Wildman–Crippen LogP) is 0.976. The molecule has 1 aliphatic rings. The SMILES string of the molecule is Cn1cc(NC(=O)[C@H]2CN(c3ccc(F)cc3)CCN2)cn1. The zero-order chi connectivity index (χ0) is 15.5. The van der Waals surface area contributed by atoms with Crippen molar-refractivity contribution in [3.05, 3.63) is 42.5 Å². The van der Waals surface area contributed by atoms with Crippen molar-refractivity contribution in [3.8, 4) is 0 Å². The molecule has 22 heavy (non-hydrogen) atoms. The number of halogens is 1. The highest BCUT2D eigenvalue weighted by Gasteiger charge is 2.25. The molecule has 2 heterocycles. The number of carbonyl (C=O) groups excluding carboxylic acids is 1. The molecule has 0 bridgehead atoms. The fourth-order valence-electron chi connectivity index (χ4n) is 2.53. The minimum absolute atomic E-state index is 0.0974. The van der Waals surface area contributed by atoms with Crippen molar-refractivity contribution >= 4 is 17.3 Å². The van der Waals surface area contributed by atoms with E-state index in [-0.39, 0.29) is 17.8 Å². The van der Waals surface area contributed by atoms with Gasteiger partial charge in [-0.3, -0.25) is 9.48 Å². The molecule has 1 fully saturated rings. The van der Waals surface area contributed by atoms with E-state index in [4.69, 9.17) is 0 Å². The van der Waals surface area contributed by atoms with E-state index in [0.717, 1.165) is 12.2 Å². The molecule has 1 amide bonds. The maximum Gasteiger partial charge on any atom is 0.243 e. The summed E-state index contributed by atoms with van der Waals surface area (Å²) in [6, 6.07) is 6.01. The van der Waals surface area contributed by atoms with E-state index in [1.165, 1.54) is 12.1 Å². The molecular weight excluding hydrogens is 285 g/mol. The van der Waals surface area contributed by atoms with Crippen LogP contribution in [0.25, 0.3) is 0 Å². The summed E-state index contributed by atoms with van der Waals surface area (Å²) in [5.41, 5.74) is 1.59. The lowest BCUT2D eigenvalue weighted by atomic mass is 10.1. The third-order valence-corrected chi connectivity index (χ3v) is 3.66. The minimum Gasteiger partial charge on any atom is -0.368 e. The van der Waals surface area contributed by atoms with Gasteiger partial charge in [0.15, 0.2) is 0 Å². The Morgan fingerprint density at radius 1 is 1.41 bits per heavy atom. The Morgan fingerprint density at radius 3 is 2.86 bits per heavy atom. The fourth-order valence-corrected chi connectivity index (χ4v) is 2.53. The van der Waals surface area contributed by atoms with Crippen molar-refractivity contribution in [2.45, 2.75) is 6.04 Å². The Kier molecular flexibility index (Phi) is 4.06. The second kappa shape index (κ2) is 6.15. The van der Waals surface area contributed by atoms with Crippen LogP contribution in [0.4, 0.5) is 15.8 Å². The summed E-state index contributed by atoms with van der Waals surface area (Å²) < 4.78 is 14.6. The first-order chi connectivity index (χ1) is 10.6. The van der Waals surface area contributed by atoms with Gasteiger partial charge in [0.05, 0.1) is 11.9 Å². The van der Waals surface area contributed by atoms with Crippen LogP contribution < -0.4 is 15.5 Å². The highest BCUT2D eigenvalue weighted by atomic mass is 19.1. The summed E-state index contributed by atoms with van der Waals surface area (Å²) in [7, 11) is 1.80. The Morgan fingerprint density at radius 2 is 2.18 bits per heavy atom. The first-order valence-electron chi connectivity index (χ1n) is 7.15. The summed E-state index contributed by atoms with van der Waals surface area (Å²) in [6.45, 7) is 2.02. The molecule has 0 aliphatic carbocycles. The van der Waals surface area contributed by atoms with Crippen molar-refractivity contribution < 1.29 is 9.18 Å². The van der Waals surface area contributed by atoms with Gasteiger partial charge in [0, 0.05) is 38.6 Å². The first-order valence-corrected chi connectivity index (χ1v) is 7.15. The van der Waals surface area contributed by atoms with E-state index in [0.29, 0.717) is 18.8 Å². The highest BCUT2D eigenvalue weighted by molar-refractivity contribution is 5.95. The third kappa shape index (κ3) is 3.25. The van der Waals surface area contributed by atoms with Crippen molar-refractivity contribution in [1.29, 1.82) is 0 Å². The Balaban J connectivity index is 1.64. The lowest BCUT2D eigenvalue weighted by Crippen LogP contribution is -2.55.